The molecule has 9 heteroatoms. The zero-order valence-corrected chi connectivity index (χ0v) is 38.1. The molecule has 8 nitrogen and oxygen atoms in total. The second-order valence-electron chi connectivity index (χ2n) is 17.5. The maximum absolute atomic E-state index is 12.9. The molecule has 3 N–H and O–H groups in total. The smallest absolute Gasteiger partial charge is 0.391 e. The van der Waals surface area contributed by atoms with Gasteiger partial charge in [0.2, 0.25) is 5.91 Å². The van der Waals surface area contributed by atoms with Crippen LogP contribution in [0.1, 0.15) is 226 Å². The molecule has 1 amide bonds. The topological polar surface area (TPSA) is 105 Å². The summed E-state index contributed by atoms with van der Waals surface area (Å²) in [5.74, 6) is -0.151. The molecule has 0 aromatic heterocycles. The normalized spacial score (nSPS) is 14.4. The Balaban J connectivity index is 4.32. The van der Waals surface area contributed by atoms with Gasteiger partial charge >= 0.3 is 7.82 Å². The molecule has 0 radical (unpaired) electrons. The summed E-state index contributed by atoms with van der Waals surface area (Å²) in [7, 11) is 1.62. The SMILES string of the molecule is CCCCCCCC/C=C\CCCCCCCC(=O)NC(COP(=O)(O)OCC[N+](C)(C)C)C(O)CCCCCCCCCCCCCCCCCCCC. The molecule has 0 rings (SSSR count). The van der Waals surface area contributed by atoms with Crippen molar-refractivity contribution >= 4 is 13.7 Å². The van der Waals surface area contributed by atoms with E-state index in [-0.39, 0.29) is 19.1 Å². The van der Waals surface area contributed by atoms with Gasteiger partial charge in [0.25, 0.3) is 0 Å². The first kappa shape index (κ1) is 54.2. The summed E-state index contributed by atoms with van der Waals surface area (Å²) in [5.41, 5.74) is 0. The Morgan fingerprint density at radius 2 is 0.982 bits per heavy atom. The van der Waals surface area contributed by atoms with E-state index in [1.54, 1.807) is 0 Å². The molecular formula is C46H94N2O6P+. The molecule has 0 aliphatic heterocycles. The molecule has 0 saturated heterocycles. The number of rotatable bonds is 43. The second-order valence-corrected chi connectivity index (χ2v) is 18.9. The summed E-state index contributed by atoms with van der Waals surface area (Å²) in [5, 5.41) is 14.0. The number of amides is 1. The summed E-state index contributed by atoms with van der Waals surface area (Å²) >= 11 is 0. The van der Waals surface area contributed by atoms with E-state index in [4.69, 9.17) is 9.05 Å². The summed E-state index contributed by atoms with van der Waals surface area (Å²) in [6, 6.07) is -0.760. The molecule has 0 aliphatic carbocycles. The fraction of sp³-hybridized carbons (Fsp3) is 0.935. The summed E-state index contributed by atoms with van der Waals surface area (Å²) in [6.45, 7) is 4.89. The minimum Gasteiger partial charge on any atom is -0.391 e. The molecule has 0 saturated carbocycles. The number of unbranched alkanes of at least 4 members (excludes halogenated alkanes) is 28. The van der Waals surface area contributed by atoms with Crippen LogP contribution in [-0.2, 0) is 18.4 Å². The van der Waals surface area contributed by atoms with Crippen LogP contribution < -0.4 is 5.32 Å². The van der Waals surface area contributed by atoms with Crippen molar-refractivity contribution in [3.63, 3.8) is 0 Å². The van der Waals surface area contributed by atoms with E-state index < -0.39 is 20.0 Å². The monoisotopic (exact) mass is 802 g/mol. The fourth-order valence-corrected chi connectivity index (χ4v) is 7.72. The number of phosphoric ester groups is 1. The molecule has 55 heavy (non-hydrogen) atoms. The highest BCUT2D eigenvalue weighted by Gasteiger charge is 2.28. The summed E-state index contributed by atoms with van der Waals surface area (Å²) < 4.78 is 23.6. The maximum atomic E-state index is 12.9. The van der Waals surface area contributed by atoms with Gasteiger partial charge in [-0.1, -0.05) is 193 Å². The lowest BCUT2D eigenvalue weighted by molar-refractivity contribution is -0.870. The largest absolute Gasteiger partial charge is 0.472 e. The highest BCUT2D eigenvalue weighted by atomic mass is 31.2. The number of phosphoric acid groups is 1. The Labute approximate surface area is 342 Å². The summed E-state index contributed by atoms with van der Waals surface area (Å²) in [6.07, 6.45) is 43.8. The van der Waals surface area contributed by atoms with Crippen molar-refractivity contribution in [2.24, 2.45) is 0 Å². The number of hydrogen-bond acceptors (Lipinski definition) is 5. The van der Waals surface area contributed by atoms with Crippen molar-refractivity contribution < 1.29 is 32.9 Å². The summed E-state index contributed by atoms with van der Waals surface area (Å²) in [4.78, 5) is 23.2. The number of quaternary nitrogens is 1. The van der Waals surface area contributed by atoms with Crippen LogP contribution in [0.15, 0.2) is 12.2 Å². The lowest BCUT2D eigenvalue weighted by Crippen LogP contribution is -2.46. The van der Waals surface area contributed by atoms with Crippen molar-refractivity contribution in [1.82, 2.24) is 5.32 Å². The van der Waals surface area contributed by atoms with E-state index >= 15 is 0 Å². The third-order valence-electron chi connectivity index (χ3n) is 10.8. The van der Waals surface area contributed by atoms with Crippen molar-refractivity contribution in [3.05, 3.63) is 12.2 Å². The zero-order chi connectivity index (χ0) is 40.7. The third kappa shape index (κ3) is 41.2. The molecule has 0 aliphatic rings. The lowest BCUT2D eigenvalue weighted by atomic mass is 10.0. The van der Waals surface area contributed by atoms with E-state index in [1.807, 2.05) is 21.1 Å². The first-order valence-corrected chi connectivity index (χ1v) is 25.0. The average Bonchev–Trinajstić information content (AvgIpc) is 3.13. The van der Waals surface area contributed by atoms with Gasteiger partial charge in [0.15, 0.2) is 0 Å². The molecule has 0 fully saturated rings. The molecule has 0 aromatic carbocycles. The van der Waals surface area contributed by atoms with Crippen LogP contribution in [0.5, 0.6) is 0 Å². The van der Waals surface area contributed by atoms with Gasteiger partial charge in [0, 0.05) is 6.42 Å². The predicted octanol–water partition coefficient (Wildman–Crippen LogP) is 13.1. The number of likely N-dealkylation sites (N-methyl/N-ethyl adjacent to an activating group) is 1. The highest BCUT2D eigenvalue weighted by Crippen LogP contribution is 2.43. The number of carbonyl (C=O) groups excluding carboxylic acids is 1. The van der Waals surface area contributed by atoms with E-state index in [1.165, 1.54) is 148 Å². The number of aliphatic hydroxyl groups is 1. The predicted molar refractivity (Wildman–Crippen MR) is 235 cm³/mol. The van der Waals surface area contributed by atoms with E-state index in [0.29, 0.717) is 23.9 Å². The molecule has 3 unspecified atom stereocenters. The van der Waals surface area contributed by atoms with E-state index in [0.717, 1.165) is 51.4 Å². The van der Waals surface area contributed by atoms with E-state index in [2.05, 4.69) is 31.3 Å². The second kappa shape index (κ2) is 38.7. The van der Waals surface area contributed by atoms with Crippen molar-refractivity contribution in [2.75, 3.05) is 40.9 Å². The van der Waals surface area contributed by atoms with Gasteiger partial charge in [0.05, 0.1) is 39.9 Å². The highest BCUT2D eigenvalue weighted by molar-refractivity contribution is 7.47. The molecule has 0 aromatic rings. The van der Waals surface area contributed by atoms with Crippen LogP contribution >= 0.6 is 7.82 Å². The quantitative estimate of drug-likeness (QED) is 0.0245. The van der Waals surface area contributed by atoms with Crippen LogP contribution in [0.4, 0.5) is 0 Å². The van der Waals surface area contributed by atoms with Gasteiger partial charge in [-0.15, -0.1) is 0 Å². The molecule has 0 spiro atoms. The lowest BCUT2D eigenvalue weighted by Gasteiger charge is -2.26. The Kier molecular flexibility index (Phi) is 38.2. The molecule has 3 atom stereocenters. The number of allylic oxidation sites excluding steroid dienone is 2. The zero-order valence-electron chi connectivity index (χ0n) is 37.2. The van der Waals surface area contributed by atoms with Gasteiger partial charge in [-0.05, 0) is 38.5 Å². The fourth-order valence-electron chi connectivity index (χ4n) is 6.98. The molecule has 0 bridgehead atoms. The Morgan fingerprint density at radius 1 is 0.600 bits per heavy atom. The number of hydrogen-bond donors (Lipinski definition) is 3. The van der Waals surface area contributed by atoms with Crippen molar-refractivity contribution in [3.8, 4) is 0 Å². The van der Waals surface area contributed by atoms with Crippen LogP contribution in [0, 0.1) is 0 Å². The van der Waals surface area contributed by atoms with Crippen LogP contribution in [-0.4, -0.2) is 73.4 Å². The number of nitrogens with one attached hydrogen (secondary N) is 1. The molecular weight excluding hydrogens is 707 g/mol. The minimum absolute atomic E-state index is 0.0750. The minimum atomic E-state index is -4.31. The molecule has 0 heterocycles. The van der Waals surface area contributed by atoms with E-state index in [9.17, 15) is 19.4 Å². The Hall–Kier alpha value is -0.760. The van der Waals surface area contributed by atoms with Gasteiger partial charge in [0.1, 0.15) is 13.2 Å². The Bertz CT molecular complexity index is 911. The van der Waals surface area contributed by atoms with Crippen molar-refractivity contribution in [1.29, 1.82) is 0 Å². The maximum Gasteiger partial charge on any atom is 0.472 e. The first-order chi connectivity index (χ1) is 26.5. The molecule has 328 valence electrons. The average molecular weight is 802 g/mol. The van der Waals surface area contributed by atoms with Crippen LogP contribution in [0.25, 0.3) is 0 Å². The van der Waals surface area contributed by atoms with Gasteiger partial charge in [-0.25, -0.2) is 4.57 Å². The van der Waals surface area contributed by atoms with Crippen LogP contribution in [0.2, 0.25) is 0 Å². The standard InChI is InChI=1S/C46H93N2O6P/c1-6-8-10-12-14-16-18-20-22-23-24-26-27-29-31-33-35-37-39-45(49)44(43-54-55(51,52)53-42-41-48(3,4)5)47-46(50)40-38-36-34-32-30-28-25-21-19-17-15-13-11-9-7-2/h21,25,44-45,49H,6-20,22-24,26-43H2,1-5H3,(H-,47,50,51,52)/p+1/b25-21-. The third-order valence-corrected chi connectivity index (χ3v) is 11.7. The van der Waals surface area contributed by atoms with Gasteiger partial charge in [-0.2, -0.15) is 0 Å². The van der Waals surface area contributed by atoms with Crippen LogP contribution in [0.3, 0.4) is 0 Å². The number of carbonyl (C=O) groups is 1. The van der Waals surface area contributed by atoms with Crippen molar-refractivity contribution in [2.45, 2.75) is 238 Å². The first-order valence-electron chi connectivity index (χ1n) is 23.6. The van der Waals surface area contributed by atoms with Gasteiger partial charge in [-0.3, -0.25) is 13.8 Å². The van der Waals surface area contributed by atoms with Gasteiger partial charge < -0.3 is 19.8 Å². The number of aliphatic hydroxyl groups excluding tert-OH is 1. The number of nitrogens with zero attached hydrogens (tertiary/aromatic N) is 1. The Morgan fingerprint density at radius 3 is 1.40 bits per heavy atom.